The molecule has 0 fully saturated rings. The van der Waals surface area contributed by atoms with Crippen molar-refractivity contribution in [3.8, 4) is 0 Å². The first-order valence-electron chi connectivity index (χ1n) is 21.6. The minimum Gasteiger partial charge on any atom is -0.756 e. The van der Waals surface area contributed by atoms with E-state index in [0.717, 1.165) is 51.4 Å². The number of quaternary nitrogens is 1. The molecule has 2 atom stereocenters. The van der Waals surface area contributed by atoms with E-state index in [1.807, 2.05) is 45.4 Å². The number of nitrogens with zero attached hydrogens (tertiary/aromatic N) is 1. The van der Waals surface area contributed by atoms with Gasteiger partial charge in [-0.2, -0.15) is 0 Å². The number of unbranched alkanes of at least 4 members (excludes halogenated alkanes) is 15. The summed E-state index contributed by atoms with van der Waals surface area (Å²) in [4.78, 5) is 41.9. The zero-order chi connectivity index (χ0) is 41.6. The van der Waals surface area contributed by atoms with Crippen molar-refractivity contribution in [1.29, 1.82) is 0 Å². The Morgan fingerprint density at radius 2 is 1.14 bits per heavy atom. The first-order chi connectivity index (χ1) is 26.9. The molecule has 0 aromatic carbocycles. The molecule has 0 saturated heterocycles. The van der Waals surface area contributed by atoms with Gasteiger partial charge >= 0.3 is 11.9 Å². The van der Waals surface area contributed by atoms with E-state index in [4.69, 9.17) is 23.8 Å². The highest BCUT2D eigenvalue weighted by Crippen LogP contribution is 2.38. The first-order valence-corrected chi connectivity index (χ1v) is 23.1. The maximum atomic E-state index is 12.6. The third-order valence-electron chi connectivity index (χ3n) is 9.06. The summed E-state index contributed by atoms with van der Waals surface area (Å²) in [6.45, 7) is 3.98. The number of likely N-dealkylation sites (N-methyl/N-ethyl adjacent to an activating group) is 1. The van der Waals surface area contributed by atoms with Crippen LogP contribution in [0.5, 0.6) is 0 Å². The number of hydrogen-bond acceptors (Lipinski definition) is 10. The van der Waals surface area contributed by atoms with E-state index >= 15 is 0 Å². The fourth-order valence-electron chi connectivity index (χ4n) is 5.60. The summed E-state index contributed by atoms with van der Waals surface area (Å²) >= 11 is 0. The van der Waals surface area contributed by atoms with Gasteiger partial charge in [0.2, 0.25) is 0 Å². The van der Waals surface area contributed by atoms with Gasteiger partial charge in [0.25, 0.3) is 7.82 Å². The third-order valence-corrected chi connectivity index (χ3v) is 10.0. The Bertz CT molecular complexity index is 1130. The van der Waals surface area contributed by atoms with Gasteiger partial charge in [-0.3, -0.25) is 14.2 Å². The zero-order valence-corrected chi connectivity index (χ0v) is 36.8. The van der Waals surface area contributed by atoms with Gasteiger partial charge in [0.15, 0.2) is 6.10 Å². The van der Waals surface area contributed by atoms with Gasteiger partial charge in [0.05, 0.1) is 27.7 Å². The molecule has 56 heavy (non-hydrogen) atoms. The predicted octanol–water partition coefficient (Wildman–Crippen LogP) is 11.1. The van der Waals surface area contributed by atoms with Crippen molar-refractivity contribution in [2.75, 3.05) is 47.5 Å². The molecule has 0 aromatic rings. The van der Waals surface area contributed by atoms with Crippen molar-refractivity contribution >= 4 is 19.8 Å². The lowest BCUT2D eigenvalue weighted by Crippen LogP contribution is -2.37. The molecule has 0 saturated carbocycles. The third kappa shape index (κ3) is 38.6. The Morgan fingerprint density at radius 3 is 1.71 bits per heavy atom. The van der Waals surface area contributed by atoms with Gasteiger partial charge in [-0.25, -0.2) is 5.26 Å². The molecule has 12 heteroatoms. The second-order valence-corrected chi connectivity index (χ2v) is 17.0. The Morgan fingerprint density at radius 1 is 0.643 bits per heavy atom. The summed E-state index contributed by atoms with van der Waals surface area (Å²) in [5, 5.41) is 8.98. The summed E-state index contributed by atoms with van der Waals surface area (Å²) in [6.07, 6.45) is 36.7. The summed E-state index contributed by atoms with van der Waals surface area (Å²) in [5.41, 5.74) is 0. The summed E-state index contributed by atoms with van der Waals surface area (Å²) < 4.78 is 33.8. The van der Waals surface area contributed by atoms with Crippen molar-refractivity contribution in [1.82, 2.24) is 0 Å². The Balaban J connectivity index is 4.55. The summed E-state index contributed by atoms with van der Waals surface area (Å²) in [7, 11) is 1.09. The van der Waals surface area contributed by atoms with Gasteiger partial charge in [-0.15, -0.1) is 0 Å². The largest absolute Gasteiger partial charge is 0.756 e. The van der Waals surface area contributed by atoms with Crippen molar-refractivity contribution in [3.63, 3.8) is 0 Å². The molecule has 0 aliphatic heterocycles. The molecular formula is C44H80NO10P. The van der Waals surface area contributed by atoms with Crippen LogP contribution in [-0.2, 0) is 37.6 Å². The fourth-order valence-corrected chi connectivity index (χ4v) is 6.33. The molecule has 0 spiro atoms. The molecular weight excluding hydrogens is 733 g/mol. The quantitative estimate of drug-likeness (QED) is 0.00932. The standard InChI is InChI=1S/C44H80NO10P/c1-6-8-10-11-12-13-14-15-18-21-24-27-31-35-43(46)51-39-42(40-53-56(49,50)52-38-37-45(3,4)5)54-44(47)36-32-28-25-22-19-16-17-20-23-26-30-34-41(55-48)33-29-9-7-2/h16-17,22-23,25-26,34,42H,6-15,18-21,24,27-33,35-40H2,1-5H3,(H-,48,49,50)/b17-16-,25-22-,26-23-,41-34-/t42-/m1/s1. The maximum absolute atomic E-state index is 12.6. The Hall–Kier alpha value is -2.27. The number of phosphoric acid groups is 1. The lowest BCUT2D eigenvalue weighted by atomic mass is 10.0. The van der Waals surface area contributed by atoms with Crippen LogP contribution in [0, 0.1) is 0 Å². The van der Waals surface area contributed by atoms with Crippen LogP contribution in [-0.4, -0.2) is 75.3 Å². The van der Waals surface area contributed by atoms with Gasteiger partial charge in [0.1, 0.15) is 25.5 Å². The number of hydrogen-bond donors (Lipinski definition) is 1. The Kier molecular flexibility index (Phi) is 35.5. The molecule has 0 aromatic heterocycles. The van der Waals surface area contributed by atoms with E-state index in [2.05, 4.69) is 37.0 Å². The monoisotopic (exact) mass is 814 g/mol. The van der Waals surface area contributed by atoms with Crippen LogP contribution in [0.25, 0.3) is 0 Å². The van der Waals surface area contributed by atoms with Crippen molar-refractivity contribution in [3.05, 3.63) is 48.3 Å². The Labute approximate surface area is 341 Å². The molecule has 0 amide bonds. The molecule has 1 N–H and O–H groups in total. The topological polar surface area (TPSA) is 141 Å². The zero-order valence-electron chi connectivity index (χ0n) is 35.9. The molecule has 11 nitrogen and oxygen atoms in total. The lowest BCUT2D eigenvalue weighted by molar-refractivity contribution is -0.870. The first kappa shape index (κ1) is 53.7. The number of rotatable bonds is 39. The average molecular weight is 814 g/mol. The number of phosphoric ester groups is 1. The van der Waals surface area contributed by atoms with Gasteiger partial charge in [-0.05, 0) is 51.0 Å². The SMILES string of the molecule is CCCCCCCCCCCCCCCC(=O)OC[C@H](COP(=O)([O-])OCC[N+](C)(C)C)OC(=O)CCC/C=C\C/C=C\C/C=C\C/C=C(/CCCCC)OO. The average Bonchev–Trinajstić information content (AvgIpc) is 3.15. The van der Waals surface area contributed by atoms with Gasteiger partial charge in [-0.1, -0.05) is 140 Å². The second-order valence-electron chi connectivity index (χ2n) is 15.6. The number of allylic oxidation sites excluding steroid dienone is 8. The van der Waals surface area contributed by atoms with Crippen LogP contribution >= 0.6 is 7.82 Å². The van der Waals surface area contributed by atoms with Crippen LogP contribution in [0.15, 0.2) is 48.3 Å². The van der Waals surface area contributed by atoms with E-state index < -0.39 is 32.5 Å². The number of carbonyl (C=O) groups is 2. The molecule has 0 bridgehead atoms. The van der Waals surface area contributed by atoms with E-state index in [0.29, 0.717) is 42.5 Å². The highest BCUT2D eigenvalue weighted by atomic mass is 31.2. The van der Waals surface area contributed by atoms with Crippen molar-refractivity contribution < 1.29 is 52.2 Å². The number of esters is 2. The molecule has 1 unspecified atom stereocenters. The minimum absolute atomic E-state index is 0.0522. The minimum atomic E-state index is -4.65. The summed E-state index contributed by atoms with van der Waals surface area (Å²) in [5.74, 6) is -0.317. The van der Waals surface area contributed by atoms with E-state index in [-0.39, 0.29) is 26.1 Å². The fraction of sp³-hybridized carbons (Fsp3) is 0.773. The van der Waals surface area contributed by atoms with E-state index in [1.165, 1.54) is 64.2 Å². The van der Waals surface area contributed by atoms with E-state index in [1.54, 1.807) is 0 Å². The van der Waals surface area contributed by atoms with E-state index in [9.17, 15) is 19.0 Å². The van der Waals surface area contributed by atoms with Crippen LogP contribution in [0.1, 0.15) is 168 Å². The summed E-state index contributed by atoms with van der Waals surface area (Å²) in [6, 6.07) is 0. The number of carbonyl (C=O) groups excluding carboxylic acids is 2. The molecule has 326 valence electrons. The maximum Gasteiger partial charge on any atom is 0.306 e. The number of ether oxygens (including phenoxy) is 2. The molecule has 0 aliphatic rings. The van der Waals surface area contributed by atoms with Crippen LogP contribution in [0.2, 0.25) is 0 Å². The van der Waals surface area contributed by atoms with Crippen molar-refractivity contribution in [2.45, 2.75) is 174 Å². The van der Waals surface area contributed by atoms with Gasteiger partial charge < -0.3 is 32.8 Å². The molecule has 0 radical (unpaired) electrons. The van der Waals surface area contributed by atoms with Crippen LogP contribution < -0.4 is 4.89 Å². The predicted molar refractivity (Wildman–Crippen MR) is 225 cm³/mol. The van der Waals surface area contributed by atoms with Gasteiger partial charge in [0, 0.05) is 19.3 Å². The second kappa shape index (κ2) is 37.0. The smallest absolute Gasteiger partial charge is 0.306 e. The van der Waals surface area contributed by atoms with Crippen LogP contribution in [0.4, 0.5) is 0 Å². The molecule has 0 rings (SSSR count). The molecule has 0 heterocycles. The normalized spacial score (nSPS) is 14.2. The lowest BCUT2D eigenvalue weighted by Gasteiger charge is -2.28. The van der Waals surface area contributed by atoms with Crippen molar-refractivity contribution in [2.24, 2.45) is 0 Å². The highest BCUT2D eigenvalue weighted by Gasteiger charge is 2.21. The highest BCUT2D eigenvalue weighted by molar-refractivity contribution is 7.45. The molecule has 0 aliphatic carbocycles. The van der Waals surface area contributed by atoms with Crippen LogP contribution in [0.3, 0.4) is 0 Å².